The van der Waals surface area contributed by atoms with Crippen LogP contribution < -0.4 is 0 Å². The van der Waals surface area contributed by atoms with Crippen LogP contribution in [0.25, 0.3) is 0 Å². The molecule has 0 atom stereocenters. The monoisotopic (exact) mass is 310 g/mol. The molecule has 2 aliphatic heterocycles. The summed E-state index contributed by atoms with van der Waals surface area (Å²) in [5.41, 5.74) is 0. The van der Waals surface area contributed by atoms with Crippen molar-refractivity contribution in [3.63, 3.8) is 0 Å². The minimum atomic E-state index is 1.21. The summed E-state index contributed by atoms with van der Waals surface area (Å²) >= 11 is 0. The minimum absolute atomic E-state index is 1.21. The van der Waals surface area contributed by atoms with Crippen LogP contribution in [0.15, 0.2) is 0 Å². The number of hydrogen-bond donors (Lipinski definition) is 0. The minimum Gasteiger partial charge on any atom is -0.291 e. The van der Waals surface area contributed by atoms with E-state index < -0.39 is 0 Å². The van der Waals surface area contributed by atoms with Gasteiger partial charge in [0.1, 0.15) is 0 Å². The van der Waals surface area contributed by atoms with Crippen molar-refractivity contribution in [3.05, 3.63) is 0 Å². The molecule has 0 spiro atoms. The maximum Gasteiger partial charge on any atom is 0.0506 e. The van der Waals surface area contributed by atoms with Gasteiger partial charge in [-0.05, 0) is 51.9 Å². The fourth-order valence-electron chi connectivity index (χ4n) is 3.79. The summed E-state index contributed by atoms with van der Waals surface area (Å²) in [7, 11) is 0. The van der Waals surface area contributed by atoms with E-state index >= 15 is 0 Å². The zero-order valence-electron chi connectivity index (χ0n) is 15.1. The van der Waals surface area contributed by atoms with Crippen molar-refractivity contribution in [2.75, 3.05) is 65.7 Å². The van der Waals surface area contributed by atoms with Crippen LogP contribution in [0.2, 0.25) is 0 Å². The molecule has 0 amide bonds. The van der Waals surface area contributed by atoms with Crippen LogP contribution in [0.5, 0.6) is 0 Å². The molecule has 0 aromatic carbocycles. The van der Waals surface area contributed by atoms with Crippen LogP contribution in [0, 0.1) is 0 Å². The predicted octanol–water partition coefficient (Wildman–Crippen LogP) is 2.52. The van der Waals surface area contributed by atoms with E-state index in [2.05, 4.69) is 33.4 Å². The molecule has 0 saturated carbocycles. The van der Waals surface area contributed by atoms with Crippen LogP contribution in [-0.2, 0) is 0 Å². The largest absolute Gasteiger partial charge is 0.291 e. The molecule has 2 rings (SSSR count). The zero-order valence-corrected chi connectivity index (χ0v) is 15.1. The highest BCUT2D eigenvalue weighted by Crippen LogP contribution is 2.10. The van der Waals surface area contributed by atoms with Crippen LogP contribution in [-0.4, -0.2) is 85.3 Å². The third-order valence-electron chi connectivity index (χ3n) is 5.29. The van der Waals surface area contributed by atoms with E-state index in [1.165, 1.54) is 104 Å². The van der Waals surface area contributed by atoms with Crippen LogP contribution in [0.3, 0.4) is 0 Å². The highest BCUT2D eigenvalue weighted by molar-refractivity contribution is 4.69. The lowest BCUT2D eigenvalue weighted by atomic mass is 10.1. The second-order valence-electron chi connectivity index (χ2n) is 7.06. The third-order valence-corrected chi connectivity index (χ3v) is 5.29. The molecule has 0 aromatic heterocycles. The Bertz CT molecular complexity index is 256. The lowest BCUT2D eigenvalue weighted by Gasteiger charge is -2.35. The van der Waals surface area contributed by atoms with Crippen molar-refractivity contribution in [2.45, 2.75) is 52.4 Å². The highest BCUT2D eigenvalue weighted by Gasteiger charge is 2.16. The van der Waals surface area contributed by atoms with Gasteiger partial charge < -0.3 is 0 Å². The van der Waals surface area contributed by atoms with E-state index in [1.807, 2.05) is 0 Å². The third kappa shape index (κ3) is 6.53. The van der Waals surface area contributed by atoms with Gasteiger partial charge in [-0.15, -0.1) is 0 Å². The lowest BCUT2D eigenvalue weighted by Crippen LogP contribution is -2.45. The maximum absolute atomic E-state index is 2.65. The van der Waals surface area contributed by atoms with Gasteiger partial charge in [0.15, 0.2) is 0 Å². The van der Waals surface area contributed by atoms with E-state index in [9.17, 15) is 0 Å². The molecule has 4 heteroatoms. The number of hydrogen-bond acceptors (Lipinski definition) is 4. The second-order valence-corrected chi connectivity index (χ2v) is 7.06. The smallest absolute Gasteiger partial charge is 0.0506 e. The molecule has 2 heterocycles. The Labute approximate surface area is 138 Å². The fraction of sp³-hybridized carbons (Fsp3) is 1.00. The topological polar surface area (TPSA) is 13.0 Å². The highest BCUT2D eigenvalue weighted by atomic mass is 15.3. The van der Waals surface area contributed by atoms with Gasteiger partial charge >= 0.3 is 0 Å². The Morgan fingerprint density at radius 2 is 0.955 bits per heavy atom. The summed E-state index contributed by atoms with van der Waals surface area (Å²) in [4.78, 5) is 10.4. The van der Waals surface area contributed by atoms with Crippen LogP contribution in [0.4, 0.5) is 0 Å². The maximum atomic E-state index is 2.65. The van der Waals surface area contributed by atoms with E-state index in [4.69, 9.17) is 0 Å². The Morgan fingerprint density at radius 3 is 1.36 bits per heavy atom. The molecule has 4 nitrogen and oxygen atoms in total. The standard InChI is InChI=1S/C18H38N4/c1-3-19-13-9-15-21(17-19)11-7-5-6-8-12-22-16-10-14-20(4-2)18-22/h3-18H2,1-2H3. The molecular weight excluding hydrogens is 272 g/mol. The van der Waals surface area contributed by atoms with E-state index in [0.717, 1.165) is 0 Å². The molecule has 2 saturated heterocycles. The zero-order chi connectivity index (χ0) is 15.6. The Kier molecular flexibility index (Phi) is 8.75. The van der Waals surface area contributed by atoms with Gasteiger partial charge in [0.25, 0.3) is 0 Å². The van der Waals surface area contributed by atoms with Crippen molar-refractivity contribution in [3.8, 4) is 0 Å². The second kappa shape index (κ2) is 10.6. The van der Waals surface area contributed by atoms with Gasteiger partial charge in [-0.1, -0.05) is 26.7 Å². The molecular formula is C18H38N4. The predicted molar refractivity (Wildman–Crippen MR) is 95.1 cm³/mol. The van der Waals surface area contributed by atoms with Gasteiger partial charge in [-0.3, -0.25) is 19.6 Å². The summed E-state index contributed by atoms with van der Waals surface area (Å²) in [6.07, 6.45) is 8.31. The normalized spacial score (nSPS) is 23.2. The fourth-order valence-corrected chi connectivity index (χ4v) is 3.79. The number of nitrogens with zero attached hydrogens (tertiary/aromatic N) is 4. The summed E-state index contributed by atoms with van der Waals surface area (Å²) in [6.45, 7) is 17.3. The number of unbranched alkanes of at least 4 members (excludes halogenated alkanes) is 3. The van der Waals surface area contributed by atoms with Crippen molar-refractivity contribution < 1.29 is 0 Å². The van der Waals surface area contributed by atoms with E-state index in [1.54, 1.807) is 0 Å². The van der Waals surface area contributed by atoms with Gasteiger partial charge in [0.2, 0.25) is 0 Å². The van der Waals surface area contributed by atoms with Crippen molar-refractivity contribution in [2.24, 2.45) is 0 Å². The number of rotatable bonds is 9. The first-order valence-corrected chi connectivity index (χ1v) is 9.71. The van der Waals surface area contributed by atoms with Crippen LogP contribution >= 0.6 is 0 Å². The van der Waals surface area contributed by atoms with Gasteiger partial charge in [-0.25, -0.2) is 0 Å². The molecule has 130 valence electrons. The molecule has 0 unspecified atom stereocenters. The molecule has 0 aromatic rings. The summed E-state index contributed by atoms with van der Waals surface area (Å²) in [5, 5.41) is 0. The summed E-state index contributed by atoms with van der Waals surface area (Å²) in [5.74, 6) is 0. The Balaban J connectivity index is 1.45. The first-order chi connectivity index (χ1) is 10.8. The quantitative estimate of drug-likeness (QED) is 0.607. The van der Waals surface area contributed by atoms with Crippen molar-refractivity contribution in [1.29, 1.82) is 0 Å². The molecule has 2 fully saturated rings. The Hall–Kier alpha value is -0.160. The van der Waals surface area contributed by atoms with Gasteiger partial charge in [0.05, 0.1) is 13.3 Å². The molecule has 0 radical (unpaired) electrons. The lowest BCUT2D eigenvalue weighted by molar-refractivity contribution is 0.0857. The van der Waals surface area contributed by atoms with Gasteiger partial charge in [-0.2, -0.15) is 0 Å². The van der Waals surface area contributed by atoms with Gasteiger partial charge in [0, 0.05) is 26.2 Å². The van der Waals surface area contributed by atoms with Crippen molar-refractivity contribution >= 4 is 0 Å². The molecule has 0 aliphatic carbocycles. The van der Waals surface area contributed by atoms with Crippen LogP contribution in [0.1, 0.15) is 52.4 Å². The average molecular weight is 311 g/mol. The molecule has 2 aliphatic rings. The first-order valence-electron chi connectivity index (χ1n) is 9.71. The van der Waals surface area contributed by atoms with E-state index in [-0.39, 0.29) is 0 Å². The summed E-state index contributed by atoms with van der Waals surface area (Å²) < 4.78 is 0. The Morgan fingerprint density at radius 1 is 0.545 bits per heavy atom. The summed E-state index contributed by atoms with van der Waals surface area (Å²) in [6, 6.07) is 0. The SMILES string of the molecule is CCN1CCCN(CCCCCCN2CCCN(CC)C2)C1. The average Bonchev–Trinajstić information content (AvgIpc) is 2.58. The molecule has 22 heavy (non-hydrogen) atoms. The van der Waals surface area contributed by atoms with Crippen molar-refractivity contribution in [1.82, 2.24) is 19.6 Å². The first kappa shape index (κ1) is 18.2. The molecule has 0 bridgehead atoms. The van der Waals surface area contributed by atoms with E-state index in [0.29, 0.717) is 0 Å². The molecule has 0 N–H and O–H groups in total.